The van der Waals surface area contributed by atoms with Gasteiger partial charge in [-0.05, 0) is 42.3 Å². The molecule has 0 fully saturated rings. The highest BCUT2D eigenvalue weighted by Gasteiger charge is 2.23. The zero-order valence-corrected chi connectivity index (χ0v) is 17.2. The predicted octanol–water partition coefficient (Wildman–Crippen LogP) is 3.33. The van der Waals surface area contributed by atoms with E-state index in [2.05, 4.69) is 30.8 Å². The summed E-state index contributed by atoms with van der Waals surface area (Å²) in [4.78, 5) is 0.152. The van der Waals surface area contributed by atoms with Crippen LogP contribution >= 0.6 is 15.9 Å². The Morgan fingerprint density at radius 3 is 2.50 bits per heavy atom. The van der Waals surface area contributed by atoms with Crippen molar-refractivity contribution in [2.45, 2.75) is 38.8 Å². The minimum Gasteiger partial charge on any atom is -0.269 e. The fourth-order valence-electron chi connectivity index (χ4n) is 2.62. The maximum atomic E-state index is 12.7. The van der Waals surface area contributed by atoms with Gasteiger partial charge in [-0.2, -0.15) is 10.2 Å². The Morgan fingerprint density at radius 1 is 1.19 bits per heavy atom. The summed E-state index contributed by atoms with van der Waals surface area (Å²) in [6.45, 7) is 6.83. The Bertz CT molecular complexity index is 1020. The van der Waals surface area contributed by atoms with E-state index < -0.39 is 10.0 Å². The zero-order valence-electron chi connectivity index (χ0n) is 14.8. The van der Waals surface area contributed by atoms with Crippen LogP contribution in [0.2, 0.25) is 0 Å². The number of nitrogens with zero attached hydrogens (tertiary/aromatic N) is 4. The molecule has 0 aliphatic carbocycles. The lowest BCUT2D eigenvalue weighted by Crippen LogP contribution is -2.15. The number of aromatic nitrogens is 4. The summed E-state index contributed by atoms with van der Waals surface area (Å²) in [5, 5.41) is 8.44. The number of aryl methyl sites for hydroxylation is 2. The molecule has 0 unspecified atom stereocenters. The minimum atomic E-state index is -3.76. The number of hydrogen-bond donors (Lipinski definition) is 1. The normalized spacial score (nSPS) is 11.7. The van der Waals surface area contributed by atoms with Gasteiger partial charge < -0.3 is 0 Å². The molecular weight excluding hydrogens is 418 g/mol. The van der Waals surface area contributed by atoms with Crippen LogP contribution in [0.5, 0.6) is 0 Å². The highest BCUT2D eigenvalue weighted by Crippen LogP contribution is 2.25. The van der Waals surface area contributed by atoms with Crippen LogP contribution in [0.25, 0.3) is 0 Å². The highest BCUT2D eigenvalue weighted by atomic mass is 79.9. The van der Waals surface area contributed by atoms with E-state index in [1.165, 1.54) is 11.8 Å². The van der Waals surface area contributed by atoms with Gasteiger partial charge in [0.25, 0.3) is 10.0 Å². The van der Waals surface area contributed by atoms with E-state index in [9.17, 15) is 8.42 Å². The fraction of sp³-hybridized carbons (Fsp3) is 0.294. The lowest BCUT2D eigenvalue weighted by atomic mass is 10.1. The van der Waals surface area contributed by atoms with Crippen LogP contribution < -0.4 is 4.72 Å². The zero-order chi connectivity index (χ0) is 18.9. The summed E-state index contributed by atoms with van der Waals surface area (Å²) in [6, 6.07) is 8.12. The van der Waals surface area contributed by atoms with Gasteiger partial charge in [-0.25, -0.2) is 8.42 Å². The van der Waals surface area contributed by atoms with Crippen LogP contribution in [0.4, 0.5) is 5.82 Å². The maximum Gasteiger partial charge on any atom is 0.266 e. The molecule has 0 spiro atoms. The van der Waals surface area contributed by atoms with Gasteiger partial charge in [-0.1, -0.05) is 29.8 Å². The van der Waals surface area contributed by atoms with Gasteiger partial charge in [0.05, 0.1) is 22.9 Å². The molecule has 1 N–H and O–H groups in total. The highest BCUT2D eigenvalue weighted by molar-refractivity contribution is 9.10. The summed E-state index contributed by atoms with van der Waals surface area (Å²) in [5.74, 6) is 0.251. The van der Waals surface area contributed by atoms with Crippen molar-refractivity contribution in [3.63, 3.8) is 0 Å². The molecule has 0 saturated heterocycles. The van der Waals surface area contributed by atoms with Gasteiger partial charge in [-0.3, -0.25) is 14.1 Å². The van der Waals surface area contributed by atoms with E-state index in [0.29, 0.717) is 23.3 Å². The molecule has 2 heterocycles. The summed E-state index contributed by atoms with van der Waals surface area (Å²) >= 11 is 3.37. The quantitative estimate of drug-likeness (QED) is 0.640. The second-order valence-corrected chi connectivity index (χ2v) is 8.53. The number of nitrogens with one attached hydrogen (secondary N) is 1. The molecule has 0 saturated carbocycles. The molecule has 138 valence electrons. The Morgan fingerprint density at radius 2 is 1.88 bits per heavy atom. The van der Waals surface area contributed by atoms with Crippen molar-refractivity contribution in [3.05, 3.63) is 58.0 Å². The second-order valence-electron chi connectivity index (χ2n) is 6.02. The van der Waals surface area contributed by atoms with Gasteiger partial charge in [0.15, 0.2) is 5.82 Å². The van der Waals surface area contributed by atoms with E-state index in [1.54, 1.807) is 22.5 Å². The monoisotopic (exact) mass is 437 g/mol. The molecule has 0 atom stereocenters. The number of rotatable bonds is 6. The summed E-state index contributed by atoms with van der Waals surface area (Å²) in [6.07, 6.45) is 3.11. The Labute approximate surface area is 161 Å². The first kappa shape index (κ1) is 18.7. The molecule has 26 heavy (non-hydrogen) atoms. The van der Waals surface area contributed by atoms with Crippen molar-refractivity contribution in [1.29, 1.82) is 0 Å². The van der Waals surface area contributed by atoms with Gasteiger partial charge >= 0.3 is 0 Å². The van der Waals surface area contributed by atoms with Crippen molar-refractivity contribution in [3.8, 4) is 0 Å². The second kappa shape index (κ2) is 7.24. The van der Waals surface area contributed by atoms with Crippen molar-refractivity contribution in [1.82, 2.24) is 19.6 Å². The van der Waals surface area contributed by atoms with Gasteiger partial charge in [-0.15, -0.1) is 0 Å². The van der Waals surface area contributed by atoms with E-state index >= 15 is 0 Å². The number of hydrogen-bond acceptors (Lipinski definition) is 4. The number of halogens is 1. The average molecular weight is 438 g/mol. The van der Waals surface area contributed by atoms with Crippen LogP contribution in [0.15, 0.2) is 46.0 Å². The molecule has 0 aliphatic heterocycles. The van der Waals surface area contributed by atoms with Crippen LogP contribution in [-0.2, 0) is 23.1 Å². The van der Waals surface area contributed by atoms with E-state index in [4.69, 9.17) is 0 Å². The van der Waals surface area contributed by atoms with Crippen molar-refractivity contribution in [2.24, 2.45) is 0 Å². The first-order chi connectivity index (χ1) is 12.3. The van der Waals surface area contributed by atoms with Crippen molar-refractivity contribution < 1.29 is 8.42 Å². The number of anilines is 1. The van der Waals surface area contributed by atoms with Crippen LogP contribution in [0, 0.1) is 13.8 Å². The molecule has 0 bridgehead atoms. The molecule has 3 rings (SSSR count). The van der Waals surface area contributed by atoms with Gasteiger partial charge in [0.1, 0.15) is 4.90 Å². The minimum absolute atomic E-state index is 0.152. The Kier molecular flexibility index (Phi) is 5.19. The van der Waals surface area contributed by atoms with Gasteiger partial charge in [0, 0.05) is 12.7 Å². The molecule has 3 aromatic rings. The summed E-state index contributed by atoms with van der Waals surface area (Å²) < 4.78 is 31.8. The fourth-order valence-corrected chi connectivity index (χ4v) is 4.36. The largest absolute Gasteiger partial charge is 0.269 e. The summed E-state index contributed by atoms with van der Waals surface area (Å²) in [5.41, 5.74) is 2.86. The molecule has 0 radical (unpaired) electrons. The third-order valence-corrected chi connectivity index (χ3v) is 6.08. The third kappa shape index (κ3) is 3.83. The lowest BCUT2D eigenvalue weighted by molar-refractivity contribution is 0.598. The molecular formula is C17H20BrN5O2S. The van der Waals surface area contributed by atoms with Gasteiger partial charge in [0.2, 0.25) is 0 Å². The maximum absolute atomic E-state index is 12.7. The topological polar surface area (TPSA) is 81.8 Å². The lowest BCUT2D eigenvalue weighted by Gasteiger charge is -2.06. The first-order valence-electron chi connectivity index (χ1n) is 8.14. The smallest absolute Gasteiger partial charge is 0.266 e. The SMILES string of the molecule is CCn1ncc(S(=O)(=O)Nc2nn(Cc3ccc(C)cc3)cc2Br)c1C. The number of benzene rings is 1. The van der Waals surface area contributed by atoms with E-state index in [-0.39, 0.29) is 10.7 Å². The van der Waals surface area contributed by atoms with Crippen LogP contribution in [-0.4, -0.2) is 28.0 Å². The van der Waals surface area contributed by atoms with Crippen LogP contribution in [0.3, 0.4) is 0 Å². The van der Waals surface area contributed by atoms with Crippen molar-refractivity contribution >= 4 is 31.8 Å². The molecule has 2 aromatic heterocycles. The molecule has 1 aromatic carbocycles. The molecule has 0 aliphatic rings. The number of sulfonamides is 1. The van der Waals surface area contributed by atoms with E-state index in [1.807, 2.05) is 38.1 Å². The Hall–Kier alpha value is -2.13. The first-order valence-corrected chi connectivity index (χ1v) is 10.4. The molecule has 0 amide bonds. The van der Waals surface area contributed by atoms with Crippen LogP contribution in [0.1, 0.15) is 23.7 Å². The van der Waals surface area contributed by atoms with E-state index in [0.717, 1.165) is 5.56 Å². The average Bonchev–Trinajstić information content (AvgIpc) is 3.12. The van der Waals surface area contributed by atoms with Crippen molar-refractivity contribution in [2.75, 3.05) is 4.72 Å². The third-order valence-electron chi connectivity index (χ3n) is 4.06. The summed E-state index contributed by atoms with van der Waals surface area (Å²) in [7, 11) is -3.76. The predicted molar refractivity (Wildman–Crippen MR) is 104 cm³/mol. The molecule has 7 nitrogen and oxygen atoms in total. The molecule has 9 heteroatoms. The standard InChI is InChI=1S/C17H20BrN5O2S/c1-4-23-13(3)16(9-19-23)26(24,25)21-17-15(18)11-22(20-17)10-14-7-5-12(2)6-8-14/h5-9,11H,4,10H2,1-3H3,(H,20,21). The Balaban J connectivity index is 1.82.